The van der Waals surface area contributed by atoms with Crippen molar-refractivity contribution in [3.05, 3.63) is 71.3 Å². The largest absolute Gasteiger partial charge is 0.395 e. The maximum absolute atomic E-state index is 12.7. The Morgan fingerprint density at radius 2 is 1.74 bits per heavy atom. The van der Waals surface area contributed by atoms with Crippen molar-refractivity contribution in [1.82, 2.24) is 10.2 Å². The molecule has 2 N–H and O–H groups in total. The lowest BCUT2D eigenvalue weighted by Gasteiger charge is -2.22. The second kappa shape index (κ2) is 8.10. The monoisotopic (exact) mass is 312 g/mol. The summed E-state index contributed by atoms with van der Waals surface area (Å²) in [5, 5.41) is 11.8. The molecule has 0 fully saturated rings. The Bertz CT molecular complexity index is 671. The number of hydrogen-bond acceptors (Lipinski definition) is 3. The van der Waals surface area contributed by atoms with Crippen LogP contribution in [0.2, 0.25) is 0 Å². The summed E-state index contributed by atoms with van der Waals surface area (Å²) in [5.74, 6) is -0.454. The zero-order valence-electron chi connectivity index (χ0n) is 13.0. The first-order valence-corrected chi connectivity index (χ1v) is 7.42. The van der Waals surface area contributed by atoms with Gasteiger partial charge in [0.05, 0.1) is 6.61 Å². The molecule has 0 aliphatic carbocycles. The van der Waals surface area contributed by atoms with Crippen LogP contribution in [0.1, 0.15) is 26.3 Å². The molecule has 0 aliphatic rings. The molecule has 23 heavy (non-hydrogen) atoms. The number of carbonyl (C=O) groups excluding carboxylic acids is 2. The zero-order chi connectivity index (χ0) is 16.7. The van der Waals surface area contributed by atoms with Crippen LogP contribution in [0.4, 0.5) is 0 Å². The number of hydrogen-bond donors (Lipinski definition) is 2. The minimum Gasteiger partial charge on any atom is -0.395 e. The first-order valence-electron chi connectivity index (χ1n) is 7.42. The highest BCUT2D eigenvalue weighted by Gasteiger charge is 2.17. The second-order valence-corrected chi connectivity index (χ2v) is 5.10. The summed E-state index contributed by atoms with van der Waals surface area (Å²) in [5.41, 5.74) is 1.84. The van der Waals surface area contributed by atoms with Crippen molar-refractivity contribution in [3.63, 3.8) is 0 Å². The molecular formula is C18H20N2O3. The van der Waals surface area contributed by atoms with E-state index in [-0.39, 0.29) is 25.0 Å². The summed E-state index contributed by atoms with van der Waals surface area (Å²) in [7, 11) is 1.55. The first kappa shape index (κ1) is 16.7. The normalized spacial score (nSPS) is 10.2. The van der Waals surface area contributed by atoms with Crippen LogP contribution in [0.3, 0.4) is 0 Å². The molecule has 2 aromatic rings. The van der Waals surface area contributed by atoms with Crippen molar-refractivity contribution in [2.24, 2.45) is 0 Å². The van der Waals surface area contributed by atoms with E-state index in [9.17, 15) is 14.7 Å². The number of aliphatic hydroxyl groups is 1. The van der Waals surface area contributed by atoms with E-state index in [1.165, 1.54) is 0 Å². The summed E-state index contributed by atoms with van der Waals surface area (Å²) in [6, 6.07) is 16.2. The smallest absolute Gasteiger partial charge is 0.254 e. The third-order valence-electron chi connectivity index (χ3n) is 3.47. The molecule has 2 amide bonds. The van der Waals surface area contributed by atoms with Crippen molar-refractivity contribution in [2.75, 3.05) is 20.2 Å². The predicted molar refractivity (Wildman–Crippen MR) is 88.1 cm³/mol. The molecule has 2 rings (SSSR count). The molecule has 0 heterocycles. The Morgan fingerprint density at radius 3 is 2.39 bits per heavy atom. The molecular weight excluding hydrogens is 292 g/mol. The Hall–Kier alpha value is -2.66. The third-order valence-corrected chi connectivity index (χ3v) is 3.47. The highest BCUT2D eigenvalue weighted by atomic mass is 16.3. The fourth-order valence-electron chi connectivity index (χ4n) is 2.30. The SMILES string of the molecule is CNC(=O)c1cccc(C(=O)N(CCO)Cc2ccccc2)c1. The van der Waals surface area contributed by atoms with E-state index in [2.05, 4.69) is 5.32 Å². The Labute approximate surface area is 135 Å². The van der Waals surface area contributed by atoms with Gasteiger partial charge in [0.1, 0.15) is 0 Å². The number of nitrogens with zero attached hydrogens (tertiary/aromatic N) is 1. The maximum Gasteiger partial charge on any atom is 0.254 e. The molecule has 0 spiro atoms. The lowest BCUT2D eigenvalue weighted by molar-refractivity contribution is 0.0708. The van der Waals surface area contributed by atoms with Crippen LogP contribution in [0.25, 0.3) is 0 Å². The van der Waals surface area contributed by atoms with E-state index in [1.54, 1.807) is 36.2 Å². The lowest BCUT2D eigenvalue weighted by Crippen LogP contribution is -2.33. The van der Waals surface area contributed by atoms with E-state index < -0.39 is 0 Å². The topological polar surface area (TPSA) is 69.6 Å². The molecule has 0 atom stereocenters. The fraction of sp³-hybridized carbons (Fsp3) is 0.222. The van der Waals surface area contributed by atoms with Gasteiger partial charge in [-0.1, -0.05) is 36.4 Å². The maximum atomic E-state index is 12.7. The molecule has 0 aromatic heterocycles. The van der Waals surface area contributed by atoms with E-state index in [0.29, 0.717) is 17.7 Å². The highest BCUT2D eigenvalue weighted by Crippen LogP contribution is 2.12. The molecule has 0 saturated carbocycles. The molecule has 2 aromatic carbocycles. The van der Waals surface area contributed by atoms with Gasteiger partial charge in [-0.3, -0.25) is 9.59 Å². The lowest BCUT2D eigenvalue weighted by atomic mass is 10.1. The number of amides is 2. The molecule has 0 bridgehead atoms. The first-order chi connectivity index (χ1) is 11.2. The summed E-state index contributed by atoms with van der Waals surface area (Å²) in [4.78, 5) is 26.0. The number of nitrogens with one attached hydrogen (secondary N) is 1. The summed E-state index contributed by atoms with van der Waals surface area (Å²) in [6.07, 6.45) is 0. The minimum atomic E-state index is -0.239. The van der Waals surface area contributed by atoms with Crippen LogP contribution in [-0.4, -0.2) is 42.0 Å². The van der Waals surface area contributed by atoms with Gasteiger partial charge >= 0.3 is 0 Å². The number of carbonyl (C=O) groups is 2. The Morgan fingerprint density at radius 1 is 1.04 bits per heavy atom. The molecule has 120 valence electrons. The fourth-order valence-corrected chi connectivity index (χ4v) is 2.30. The predicted octanol–water partition coefficient (Wildman–Crippen LogP) is 1.68. The number of rotatable bonds is 6. The van der Waals surface area contributed by atoms with Crippen LogP contribution in [0.5, 0.6) is 0 Å². The van der Waals surface area contributed by atoms with Gasteiger partial charge in [-0.2, -0.15) is 0 Å². The quantitative estimate of drug-likeness (QED) is 0.852. The van der Waals surface area contributed by atoms with E-state index in [0.717, 1.165) is 5.56 Å². The van der Waals surface area contributed by atoms with Crippen molar-refractivity contribution in [1.29, 1.82) is 0 Å². The zero-order valence-corrected chi connectivity index (χ0v) is 13.0. The van der Waals surface area contributed by atoms with E-state index >= 15 is 0 Å². The summed E-state index contributed by atoms with van der Waals surface area (Å²) >= 11 is 0. The van der Waals surface area contributed by atoms with Gasteiger partial charge in [0.2, 0.25) is 0 Å². The third kappa shape index (κ3) is 4.40. The van der Waals surface area contributed by atoms with Gasteiger partial charge in [-0.15, -0.1) is 0 Å². The van der Waals surface area contributed by atoms with Gasteiger partial charge in [0.15, 0.2) is 0 Å². The number of aliphatic hydroxyl groups excluding tert-OH is 1. The van der Waals surface area contributed by atoms with Crippen LogP contribution < -0.4 is 5.32 Å². The molecule has 0 radical (unpaired) electrons. The van der Waals surface area contributed by atoms with E-state index in [1.807, 2.05) is 30.3 Å². The Balaban J connectivity index is 2.22. The van der Waals surface area contributed by atoms with Gasteiger partial charge in [-0.25, -0.2) is 0 Å². The van der Waals surface area contributed by atoms with Crippen molar-refractivity contribution in [2.45, 2.75) is 6.54 Å². The second-order valence-electron chi connectivity index (χ2n) is 5.10. The van der Waals surface area contributed by atoms with Gasteiger partial charge in [0, 0.05) is 31.3 Å². The number of benzene rings is 2. The van der Waals surface area contributed by atoms with Crippen LogP contribution in [-0.2, 0) is 6.54 Å². The molecule has 0 unspecified atom stereocenters. The molecule has 5 nitrogen and oxygen atoms in total. The van der Waals surface area contributed by atoms with Gasteiger partial charge in [0.25, 0.3) is 11.8 Å². The van der Waals surface area contributed by atoms with Gasteiger partial charge < -0.3 is 15.3 Å². The van der Waals surface area contributed by atoms with Crippen LogP contribution in [0, 0.1) is 0 Å². The highest BCUT2D eigenvalue weighted by molar-refractivity contribution is 5.99. The van der Waals surface area contributed by atoms with Crippen LogP contribution >= 0.6 is 0 Å². The molecule has 0 saturated heterocycles. The summed E-state index contributed by atoms with van der Waals surface area (Å²) in [6.45, 7) is 0.524. The van der Waals surface area contributed by atoms with Gasteiger partial charge in [-0.05, 0) is 23.8 Å². The molecule has 5 heteroatoms. The van der Waals surface area contributed by atoms with Crippen LogP contribution in [0.15, 0.2) is 54.6 Å². The summed E-state index contributed by atoms with van der Waals surface area (Å²) < 4.78 is 0. The van der Waals surface area contributed by atoms with E-state index in [4.69, 9.17) is 0 Å². The standard InChI is InChI=1S/C18H20N2O3/c1-19-17(22)15-8-5-9-16(12-15)18(23)20(10-11-21)13-14-6-3-2-4-7-14/h2-9,12,21H,10-11,13H2,1H3,(H,19,22). The van der Waals surface area contributed by atoms with Crippen molar-refractivity contribution >= 4 is 11.8 Å². The molecule has 0 aliphatic heterocycles. The Kier molecular flexibility index (Phi) is 5.88. The minimum absolute atomic E-state index is 0.117. The average molecular weight is 312 g/mol. The van der Waals surface area contributed by atoms with Crippen molar-refractivity contribution < 1.29 is 14.7 Å². The average Bonchev–Trinajstić information content (AvgIpc) is 2.61. The van der Waals surface area contributed by atoms with Crippen molar-refractivity contribution in [3.8, 4) is 0 Å².